The topological polar surface area (TPSA) is 65.1 Å². The van der Waals surface area contributed by atoms with Crippen LogP contribution < -0.4 is 14.2 Å². The van der Waals surface area contributed by atoms with Crippen molar-refractivity contribution in [2.45, 2.75) is 44.9 Å². The minimum atomic E-state index is -3.51. The molecule has 1 fully saturated rings. The van der Waals surface area contributed by atoms with Gasteiger partial charge in [-0.2, -0.15) is 13.1 Å². The summed E-state index contributed by atoms with van der Waals surface area (Å²) in [5, 5.41) is 0. The fraction of sp³-hybridized carbons (Fsp3) is 0.455. The minimum Gasteiger partial charge on any atom is -0.493 e. The first-order chi connectivity index (χ1) is 14.9. The highest BCUT2D eigenvalue weighted by atomic mass is 32.2. The first-order valence-corrected chi connectivity index (χ1v) is 11.8. The molecule has 1 heterocycles. The molecule has 6 nitrogen and oxygen atoms in total. The molecule has 9 heteroatoms. The Morgan fingerprint density at radius 3 is 2.61 bits per heavy atom. The molecule has 1 aliphatic carbocycles. The lowest BCUT2D eigenvalue weighted by Gasteiger charge is -2.22. The highest BCUT2D eigenvalue weighted by Crippen LogP contribution is 2.34. The maximum atomic E-state index is 13.1. The summed E-state index contributed by atoms with van der Waals surface area (Å²) in [5.74, 6) is 0.945. The normalized spacial score (nSPS) is 15.8. The molecule has 0 N–H and O–H groups in total. The van der Waals surface area contributed by atoms with Gasteiger partial charge >= 0.3 is 6.61 Å². The van der Waals surface area contributed by atoms with Crippen LogP contribution in [0.15, 0.2) is 36.4 Å². The number of nitrogens with zero attached hydrogens (tertiary/aromatic N) is 1. The lowest BCUT2D eigenvalue weighted by atomic mass is 10.1. The molecule has 2 aliphatic rings. The average molecular weight is 454 g/mol. The van der Waals surface area contributed by atoms with Gasteiger partial charge < -0.3 is 14.2 Å². The van der Waals surface area contributed by atoms with E-state index in [0.717, 1.165) is 36.1 Å². The molecule has 0 bridgehead atoms. The molecule has 4 rings (SSSR count). The molecule has 2 aromatic carbocycles. The number of fused-ring (bicyclic) bond motifs is 1. The first-order valence-electron chi connectivity index (χ1n) is 10.2. The first kappa shape index (κ1) is 21.8. The monoisotopic (exact) mass is 453 g/mol. The fourth-order valence-electron chi connectivity index (χ4n) is 3.76. The van der Waals surface area contributed by atoms with E-state index in [4.69, 9.17) is 9.47 Å². The Labute approximate surface area is 180 Å². The molecule has 1 saturated carbocycles. The molecule has 0 atom stereocenters. The van der Waals surface area contributed by atoms with E-state index in [2.05, 4.69) is 4.74 Å². The van der Waals surface area contributed by atoms with Crippen molar-refractivity contribution in [1.82, 2.24) is 4.31 Å². The lowest BCUT2D eigenvalue weighted by Crippen LogP contribution is -2.35. The number of sulfonamides is 1. The third-order valence-electron chi connectivity index (χ3n) is 5.50. The van der Waals surface area contributed by atoms with Crippen LogP contribution in [0.5, 0.6) is 17.2 Å². The molecule has 1 aliphatic heterocycles. The third kappa shape index (κ3) is 5.27. The van der Waals surface area contributed by atoms with Crippen LogP contribution in [0.25, 0.3) is 0 Å². The van der Waals surface area contributed by atoms with Gasteiger partial charge in [0.15, 0.2) is 11.5 Å². The number of alkyl halides is 2. The number of halogens is 2. The number of ether oxygens (including phenoxy) is 3. The molecule has 2 aromatic rings. The van der Waals surface area contributed by atoms with Gasteiger partial charge in [-0.25, -0.2) is 8.42 Å². The van der Waals surface area contributed by atoms with E-state index in [0.29, 0.717) is 18.6 Å². The van der Waals surface area contributed by atoms with Gasteiger partial charge in [0.2, 0.25) is 10.0 Å². The number of methoxy groups -OCH3 is 1. The van der Waals surface area contributed by atoms with Gasteiger partial charge in [-0.15, -0.1) is 0 Å². The Morgan fingerprint density at radius 1 is 1.13 bits per heavy atom. The van der Waals surface area contributed by atoms with E-state index < -0.39 is 16.6 Å². The van der Waals surface area contributed by atoms with E-state index >= 15 is 0 Å². The Balaban J connectivity index is 1.46. The summed E-state index contributed by atoms with van der Waals surface area (Å²) in [6, 6.07) is 10.3. The van der Waals surface area contributed by atoms with Gasteiger partial charge in [0, 0.05) is 19.0 Å². The molecule has 31 heavy (non-hydrogen) atoms. The third-order valence-corrected chi connectivity index (χ3v) is 7.36. The van der Waals surface area contributed by atoms with Crippen molar-refractivity contribution in [3.8, 4) is 17.2 Å². The summed E-state index contributed by atoms with van der Waals surface area (Å²) in [4.78, 5) is 0. The van der Waals surface area contributed by atoms with E-state index in [9.17, 15) is 17.2 Å². The van der Waals surface area contributed by atoms with Crippen LogP contribution in [0, 0.1) is 0 Å². The van der Waals surface area contributed by atoms with Crippen molar-refractivity contribution in [3.05, 3.63) is 53.1 Å². The van der Waals surface area contributed by atoms with Crippen molar-refractivity contribution in [2.75, 3.05) is 19.5 Å². The second-order valence-corrected chi connectivity index (χ2v) is 9.79. The fourth-order valence-corrected chi connectivity index (χ4v) is 5.50. The summed E-state index contributed by atoms with van der Waals surface area (Å²) >= 11 is 0. The van der Waals surface area contributed by atoms with Crippen LogP contribution >= 0.6 is 0 Å². The molecule has 0 spiro atoms. The summed E-state index contributed by atoms with van der Waals surface area (Å²) in [7, 11) is -2.15. The molecule has 0 saturated heterocycles. The summed E-state index contributed by atoms with van der Waals surface area (Å²) in [6.07, 6.45) is 2.90. The van der Waals surface area contributed by atoms with Crippen LogP contribution in [0.2, 0.25) is 0 Å². The molecular formula is C22H25F2NO5S. The number of rotatable bonds is 10. The van der Waals surface area contributed by atoms with Crippen LogP contribution in [0.3, 0.4) is 0 Å². The Hall–Kier alpha value is -2.39. The highest BCUT2D eigenvalue weighted by Gasteiger charge is 2.37. The molecule has 0 aromatic heterocycles. The SMILES string of the molecule is COc1cc(CN(C2CC2)S(=O)(=O)CCc2ccc3c(c2)CCO3)ccc1OC(F)F. The number of benzene rings is 2. The van der Waals surface area contributed by atoms with Gasteiger partial charge in [0.1, 0.15) is 5.75 Å². The van der Waals surface area contributed by atoms with Gasteiger partial charge in [-0.1, -0.05) is 18.2 Å². The summed E-state index contributed by atoms with van der Waals surface area (Å²) < 4.78 is 68.0. The standard InChI is InChI=1S/C22H25F2NO5S/c1-28-21-13-16(3-7-20(21)30-22(23)24)14-25(18-4-5-18)31(26,27)11-9-15-2-6-19-17(12-15)8-10-29-19/h2-3,6-7,12-13,18,22H,4-5,8-11,14H2,1H3. The van der Waals surface area contributed by atoms with E-state index in [-0.39, 0.29) is 29.8 Å². The van der Waals surface area contributed by atoms with Crippen LogP contribution in [0.1, 0.15) is 29.5 Å². The summed E-state index contributed by atoms with van der Waals surface area (Å²) in [5.41, 5.74) is 2.74. The lowest BCUT2D eigenvalue weighted by molar-refractivity contribution is -0.0512. The second-order valence-electron chi connectivity index (χ2n) is 7.75. The van der Waals surface area contributed by atoms with Crippen LogP contribution in [-0.2, 0) is 29.4 Å². The van der Waals surface area contributed by atoms with Crippen molar-refractivity contribution in [2.24, 2.45) is 0 Å². The predicted molar refractivity (Wildman–Crippen MR) is 111 cm³/mol. The number of aryl methyl sites for hydroxylation is 1. The van der Waals surface area contributed by atoms with Gasteiger partial charge in [-0.05, 0) is 54.2 Å². The number of hydrogen-bond donors (Lipinski definition) is 0. The van der Waals surface area contributed by atoms with E-state index in [1.807, 2.05) is 18.2 Å². The molecule has 0 amide bonds. The van der Waals surface area contributed by atoms with Crippen LogP contribution in [0.4, 0.5) is 8.78 Å². The van der Waals surface area contributed by atoms with Crippen molar-refractivity contribution < 1.29 is 31.4 Å². The maximum absolute atomic E-state index is 13.1. The molecule has 168 valence electrons. The Morgan fingerprint density at radius 2 is 1.90 bits per heavy atom. The second kappa shape index (κ2) is 9.00. The zero-order chi connectivity index (χ0) is 22.0. The van der Waals surface area contributed by atoms with E-state index in [1.54, 1.807) is 12.1 Å². The molecular weight excluding hydrogens is 428 g/mol. The van der Waals surface area contributed by atoms with Crippen LogP contribution in [-0.4, -0.2) is 44.8 Å². The molecule has 0 unspecified atom stereocenters. The highest BCUT2D eigenvalue weighted by molar-refractivity contribution is 7.89. The van der Waals surface area contributed by atoms with Gasteiger partial charge in [0.25, 0.3) is 0 Å². The number of hydrogen-bond acceptors (Lipinski definition) is 5. The quantitative estimate of drug-likeness (QED) is 0.548. The largest absolute Gasteiger partial charge is 0.493 e. The van der Waals surface area contributed by atoms with E-state index in [1.165, 1.54) is 17.5 Å². The maximum Gasteiger partial charge on any atom is 0.387 e. The summed E-state index contributed by atoms with van der Waals surface area (Å²) in [6.45, 7) is -2.14. The van der Waals surface area contributed by atoms with Gasteiger partial charge in [-0.3, -0.25) is 0 Å². The minimum absolute atomic E-state index is 0.00680. The van der Waals surface area contributed by atoms with Crippen molar-refractivity contribution >= 4 is 10.0 Å². The van der Waals surface area contributed by atoms with Crippen molar-refractivity contribution in [3.63, 3.8) is 0 Å². The van der Waals surface area contributed by atoms with Gasteiger partial charge in [0.05, 0.1) is 19.5 Å². The molecule has 0 radical (unpaired) electrons. The van der Waals surface area contributed by atoms with Crippen molar-refractivity contribution in [1.29, 1.82) is 0 Å². The predicted octanol–water partition coefficient (Wildman–Crippen LogP) is 3.77. The zero-order valence-corrected chi connectivity index (χ0v) is 18.0. The average Bonchev–Trinajstić information content (AvgIpc) is 3.47. The Bertz CT molecular complexity index is 1040. The Kier molecular flexibility index (Phi) is 6.34. The smallest absolute Gasteiger partial charge is 0.387 e. The zero-order valence-electron chi connectivity index (χ0n) is 17.2.